The number of rotatable bonds is 14. The summed E-state index contributed by atoms with van der Waals surface area (Å²) in [5, 5.41) is 0. The van der Waals surface area contributed by atoms with Gasteiger partial charge in [-0.3, -0.25) is 4.79 Å². The average molecular weight is 255 g/mol. The van der Waals surface area contributed by atoms with E-state index in [1.807, 2.05) is 4.90 Å². The van der Waals surface area contributed by atoms with Crippen LogP contribution in [0.4, 0.5) is 0 Å². The van der Waals surface area contributed by atoms with Crippen LogP contribution in [0.3, 0.4) is 0 Å². The number of nitrogens with zero attached hydrogens (tertiary/aromatic N) is 1. The van der Waals surface area contributed by atoms with Gasteiger partial charge in [-0.25, -0.2) is 0 Å². The summed E-state index contributed by atoms with van der Waals surface area (Å²) in [5.74, 6) is 0. The predicted octanol–water partition coefficient (Wildman–Crippen LogP) is 4.78. The molecule has 0 bridgehead atoms. The molecule has 0 aliphatic rings. The maximum atomic E-state index is 10.7. The minimum Gasteiger partial charge on any atom is -0.345 e. The van der Waals surface area contributed by atoms with Gasteiger partial charge in [-0.1, -0.05) is 71.6 Å². The van der Waals surface area contributed by atoms with Gasteiger partial charge < -0.3 is 4.90 Å². The number of hydrogen-bond donors (Lipinski definition) is 0. The van der Waals surface area contributed by atoms with Gasteiger partial charge in [0.05, 0.1) is 0 Å². The second kappa shape index (κ2) is 14.5. The first-order valence-electron chi connectivity index (χ1n) is 8.04. The summed E-state index contributed by atoms with van der Waals surface area (Å²) in [6.45, 7) is 6.25. The molecule has 1 amide bonds. The summed E-state index contributed by atoms with van der Waals surface area (Å²) in [7, 11) is 0. The molecule has 0 aromatic carbocycles. The zero-order valence-electron chi connectivity index (χ0n) is 12.6. The molecule has 0 aromatic rings. The van der Waals surface area contributed by atoms with Crippen molar-refractivity contribution in [2.45, 2.75) is 84.5 Å². The highest BCUT2D eigenvalue weighted by Gasteiger charge is 1.99. The Bertz CT molecular complexity index is 170. The summed E-state index contributed by atoms with van der Waals surface area (Å²) in [6.07, 6.45) is 15.6. The molecule has 0 aliphatic carbocycles. The van der Waals surface area contributed by atoms with Crippen LogP contribution < -0.4 is 0 Å². The van der Waals surface area contributed by atoms with Crippen molar-refractivity contribution in [1.29, 1.82) is 0 Å². The molecule has 0 heterocycles. The molecule has 2 nitrogen and oxygen atoms in total. The van der Waals surface area contributed by atoms with Crippen molar-refractivity contribution in [3.8, 4) is 0 Å². The molecule has 18 heavy (non-hydrogen) atoms. The van der Waals surface area contributed by atoms with Gasteiger partial charge in [-0.05, 0) is 12.8 Å². The highest BCUT2D eigenvalue weighted by molar-refractivity contribution is 5.46. The third-order valence-corrected chi connectivity index (χ3v) is 3.46. The van der Waals surface area contributed by atoms with Gasteiger partial charge >= 0.3 is 0 Å². The predicted molar refractivity (Wildman–Crippen MR) is 79.8 cm³/mol. The van der Waals surface area contributed by atoms with E-state index in [1.165, 1.54) is 64.2 Å². The first-order valence-corrected chi connectivity index (χ1v) is 8.04. The van der Waals surface area contributed by atoms with Crippen molar-refractivity contribution in [3.05, 3.63) is 0 Å². The Kier molecular flexibility index (Phi) is 14.1. The van der Waals surface area contributed by atoms with Gasteiger partial charge in [0.25, 0.3) is 0 Å². The Morgan fingerprint density at radius 1 is 0.667 bits per heavy atom. The fourth-order valence-electron chi connectivity index (χ4n) is 2.31. The lowest BCUT2D eigenvalue weighted by molar-refractivity contribution is -0.118. The van der Waals surface area contributed by atoms with E-state index < -0.39 is 0 Å². The molecular weight excluding hydrogens is 222 g/mol. The second-order valence-corrected chi connectivity index (χ2v) is 5.32. The maximum Gasteiger partial charge on any atom is 0.209 e. The van der Waals surface area contributed by atoms with Gasteiger partial charge in [-0.15, -0.1) is 0 Å². The summed E-state index contributed by atoms with van der Waals surface area (Å²) < 4.78 is 0. The van der Waals surface area contributed by atoms with E-state index in [4.69, 9.17) is 0 Å². The minimum absolute atomic E-state index is 0.918. The highest BCUT2D eigenvalue weighted by atomic mass is 16.1. The number of hydrogen-bond acceptors (Lipinski definition) is 1. The molecule has 0 spiro atoms. The van der Waals surface area contributed by atoms with Crippen LogP contribution in [0.25, 0.3) is 0 Å². The Balaban J connectivity index is 3.13. The highest BCUT2D eigenvalue weighted by Crippen LogP contribution is 2.10. The quantitative estimate of drug-likeness (QED) is 0.323. The second-order valence-electron chi connectivity index (χ2n) is 5.32. The third-order valence-electron chi connectivity index (χ3n) is 3.46. The lowest BCUT2D eigenvalue weighted by Crippen LogP contribution is -2.23. The first kappa shape index (κ1) is 17.5. The summed E-state index contributed by atoms with van der Waals surface area (Å²) in [6, 6.07) is 0. The van der Waals surface area contributed by atoms with E-state index in [-0.39, 0.29) is 0 Å². The zero-order chi connectivity index (χ0) is 13.5. The number of unbranched alkanes of at least 4 members (excludes halogenated alkanes) is 9. The summed E-state index contributed by atoms with van der Waals surface area (Å²) in [4.78, 5) is 12.6. The van der Waals surface area contributed by atoms with E-state index in [1.54, 1.807) is 0 Å². The first-order chi connectivity index (χ1) is 8.85. The molecule has 0 rings (SSSR count). The van der Waals surface area contributed by atoms with Crippen molar-refractivity contribution < 1.29 is 4.79 Å². The van der Waals surface area contributed by atoms with Crippen LogP contribution in [-0.2, 0) is 4.79 Å². The Morgan fingerprint density at radius 3 is 1.61 bits per heavy atom. The number of amides is 1. The van der Waals surface area contributed by atoms with Crippen LogP contribution in [0.2, 0.25) is 0 Å². The van der Waals surface area contributed by atoms with Crippen LogP contribution >= 0.6 is 0 Å². The van der Waals surface area contributed by atoms with E-state index in [0.717, 1.165) is 25.9 Å². The van der Waals surface area contributed by atoms with Gasteiger partial charge in [-0.2, -0.15) is 0 Å². The van der Waals surface area contributed by atoms with Crippen molar-refractivity contribution in [1.82, 2.24) is 4.90 Å². The molecule has 0 radical (unpaired) electrons. The number of carbonyl (C=O) groups is 1. The molecule has 0 atom stereocenters. The molecule has 0 aromatic heterocycles. The Labute approximate surface area is 114 Å². The van der Waals surface area contributed by atoms with Crippen LogP contribution in [-0.4, -0.2) is 24.4 Å². The third kappa shape index (κ3) is 11.9. The van der Waals surface area contributed by atoms with E-state index >= 15 is 0 Å². The molecule has 0 saturated carbocycles. The Hall–Kier alpha value is -0.530. The minimum atomic E-state index is 0.918. The lowest BCUT2D eigenvalue weighted by Gasteiger charge is -2.15. The molecule has 0 aliphatic heterocycles. The van der Waals surface area contributed by atoms with E-state index in [9.17, 15) is 4.79 Å². The van der Waals surface area contributed by atoms with Crippen LogP contribution in [0, 0.1) is 0 Å². The number of carbonyl (C=O) groups excluding carboxylic acids is 1. The fraction of sp³-hybridized carbons (Fsp3) is 0.938. The molecule has 0 saturated heterocycles. The SMILES string of the molecule is CCCCCCCCCCCCN(C=O)CCC. The van der Waals surface area contributed by atoms with Gasteiger partial charge in [0.15, 0.2) is 0 Å². The van der Waals surface area contributed by atoms with Gasteiger partial charge in [0.2, 0.25) is 6.41 Å². The normalized spacial score (nSPS) is 10.6. The van der Waals surface area contributed by atoms with Crippen molar-refractivity contribution in [2.24, 2.45) is 0 Å². The molecule has 0 N–H and O–H groups in total. The van der Waals surface area contributed by atoms with Crippen molar-refractivity contribution in [3.63, 3.8) is 0 Å². The van der Waals surface area contributed by atoms with Crippen LogP contribution in [0.1, 0.15) is 84.5 Å². The zero-order valence-corrected chi connectivity index (χ0v) is 12.6. The van der Waals surface area contributed by atoms with Crippen LogP contribution in [0.5, 0.6) is 0 Å². The average Bonchev–Trinajstić information content (AvgIpc) is 2.39. The van der Waals surface area contributed by atoms with Gasteiger partial charge in [0, 0.05) is 13.1 Å². The smallest absolute Gasteiger partial charge is 0.209 e. The van der Waals surface area contributed by atoms with E-state index in [0.29, 0.717) is 0 Å². The standard InChI is InChI=1S/C16H33NO/c1-3-5-6-7-8-9-10-11-12-13-15-17(16-18)14-4-2/h16H,3-15H2,1-2H3. The Morgan fingerprint density at radius 2 is 1.17 bits per heavy atom. The molecule has 0 fully saturated rings. The fourth-order valence-corrected chi connectivity index (χ4v) is 2.31. The molecular formula is C16H33NO. The summed E-state index contributed by atoms with van der Waals surface area (Å²) >= 11 is 0. The van der Waals surface area contributed by atoms with Gasteiger partial charge in [0.1, 0.15) is 0 Å². The molecule has 108 valence electrons. The lowest BCUT2D eigenvalue weighted by atomic mass is 10.1. The van der Waals surface area contributed by atoms with Crippen LogP contribution in [0.15, 0.2) is 0 Å². The monoisotopic (exact) mass is 255 g/mol. The maximum absolute atomic E-state index is 10.7. The topological polar surface area (TPSA) is 20.3 Å². The molecule has 2 heteroatoms. The summed E-state index contributed by atoms with van der Waals surface area (Å²) in [5.41, 5.74) is 0. The largest absolute Gasteiger partial charge is 0.345 e. The van der Waals surface area contributed by atoms with Crippen molar-refractivity contribution >= 4 is 6.41 Å². The van der Waals surface area contributed by atoms with E-state index in [2.05, 4.69) is 13.8 Å². The molecule has 0 unspecified atom stereocenters. The van der Waals surface area contributed by atoms with Crippen molar-refractivity contribution in [2.75, 3.05) is 13.1 Å².